The number of carbonyl (C=O) groups is 1. The molecule has 2 rings (SSSR count). The molecule has 5 heteroatoms. The third kappa shape index (κ3) is 3.06. The molecule has 0 fully saturated rings. The van der Waals surface area contributed by atoms with Crippen molar-refractivity contribution in [2.75, 3.05) is 12.4 Å². The molecule has 1 amide bonds. The Hall–Kier alpha value is -2.56. The third-order valence-corrected chi connectivity index (χ3v) is 2.75. The van der Waals surface area contributed by atoms with E-state index in [1.54, 1.807) is 19.1 Å². The first-order valence-corrected chi connectivity index (χ1v) is 5.95. The minimum atomic E-state index is -0.536. The first-order chi connectivity index (χ1) is 9.49. The lowest BCUT2D eigenvalue weighted by atomic mass is 10.1. The van der Waals surface area contributed by atoms with Gasteiger partial charge in [-0.1, -0.05) is 0 Å². The van der Waals surface area contributed by atoms with Gasteiger partial charge in [0, 0.05) is 5.69 Å². The lowest BCUT2D eigenvalue weighted by Crippen LogP contribution is -2.12. The number of phenolic OH excluding ortho intramolecular Hbond substituents is 1. The van der Waals surface area contributed by atoms with Crippen molar-refractivity contribution >= 4 is 11.6 Å². The molecular formula is C15H14FNO3. The third-order valence-electron chi connectivity index (χ3n) is 2.75. The van der Waals surface area contributed by atoms with Gasteiger partial charge >= 0.3 is 0 Å². The Balaban J connectivity index is 2.27. The van der Waals surface area contributed by atoms with Crippen LogP contribution in [0.3, 0.4) is 0 Å². The number of methoxy groups -OCH3 is 1. The van der Waals surface area contributed by atoms with Gasteiger partial charge in [0.2, 0.25) is 0 Å². The molecule has 0 saturated heterocycles. The molecule has 2 N–H and O–H groups in total. The Labute approximate surface area is 115 Å². The van der Waals surface area contributed by atoms with Gasteiger partial charge in [-0.25, -0.2) is 4.39 Å². The molecule has 0 unspecified atom stereocenters. The van der Waals surface area contributed by atoms with Gasteiger partial charge in [0.25, 0.3) is 5.91 Å². The molecule has 0 aromatic heterocycles. The summed E-state index contributed by atoms with van der Waals surface area (Å²) in [5.74, 6) is -0.693. The van der Waals surface area contributed by atoms with Crippen LogP contribution >= 0.6 is 0 Å². The fourth-order valence-electron chi connectivity index (χ4n) is 1.83. The Morgan fingerprint density at radius 1 is 1.25 bits per heavy atom. The first-order valence-electron chi connectivity index (χ1n) is 5.95. The van der Waals surface area contributed by atoms with Crippen molar-refractivity contribution in [1.29, 1.82) is 0 Å². The fraction of sp³-hybridized carbons (Fsp3) is 0.133. The van der Waals surface area contributed by atoms with Crippen LogP contribution in [-0.4, -0.2) is 18.1 Å². The van der Waals surface area contributed by atoms with Crippen LogP contribution < -0.4 is 10.1 Å². The number of carbonyl (C=O) groups excluding carboxylic acids is 1. The largest absolute Gasteiger partial charge is 0.507 e. The molecule has 0 spiro atoms. The predicted molar refractivity (Wildman–Crippen MR) is 73.7 cm³/mol. The maximum atomic E-state index is 13.3. The molecule has 4 nitrogen and oxygen atoms in total. The zero-order valence-electron chi connectivity index (χ0n) is 11.1. The highest BCUT2D eigenvalue weighted by Gasteiger charge is 2.13. The minimum absolute atomic E-state index is 0.0614. The fourth-order valence-corrected chi connectivity index (χ4v) is 1.83. The van der Waals surface area contributed by atoms with Crippen molar-refractivity contribution in [3.05, 3.63) is 53.3 Å². The molecule has 0 aliphatic rings. The summed E-state index contributed by atoms with van der Waals surface area (Å²) in [6.45, 7) is 1.72. The molecule has 2 aromatic rings. The van der Waals surface area contributed by atoms with E-state index in [2.05, 4.69) is 5.32 Å². The highest BCUT2D eigenvalue weighted by atomic mass is 19.1. The molecule has 0 saturated carbocycles. The zero-order valence-corrected chi connectivity index (χ0v) is 11.1. The summed E-state index contributed by atoms with van der Waals surface area (Å²) in [5, 5.41) is 12.2. The van der Waals surface area contributed by atoms with Crippen LogP contribution in [0.5, 0.6) is 11.5 Å². The Kier molecular flexibility index (Phi) is 3.89. The van der Waals surface area contributed by atoms with E-state index < -0.39 is 11.7 Å². The molecule has 0 bridgehead atoms. The lowest BCUT2D eigenvalue weighted by Gasteiger charge is -2.09. The van der Waals surface area contributed by atoms with E-state index in [0.29, 0.717) is 17.0 Å². The number of hydrogen-bond acceptors (Lipinski definition) is 3. The number of amides is 1. The summed E-state index contributed by atoms with van der Waals surface area (Å²) in [4.78, 5) is 12.1. The maximum Gasteiger partial charge on any atom is 0.259 e. The maximum absolute atomic E-state index is 13.3. The number of aryl methyl sites for hydroxylation is 1. The second-order valence-electron chi connectivity index (χ2n) is 4.35. The van der Waals surface area contributed by atoms with Gasteiger partial charge in [-0.15, -0.1) is 0 Å². The van der Waals surface area contributed by atoms with Crippen LogP contribution in [0.4, 0.5) is 10.1 Å². The second-order valence-corrected chi connectivity index (χ2v) is 4.35. The molecule has 104 valence electrons. The highest BCUT2D eigenvalue weighted by Crippen LogP contribution is 2.24. The van der Waals surface area contributed by atoms with Crippen molar-refractivity contribution in [2.24, 2.45) is 0 Å². The van der Waals surface area contributed by atoms with E-state index in [9.17, 15) is 14.3 Å². The van der Waals surface area contributed by atoms with Gasteiger partial charge in [-0.2, -0.15) is 0 Å². The molecule has 20 heavy (non-hydrogen) atoms. The summed E-state index contributed by atoms with van der Waals surface area (Å²) in [7, 11) is 1.46. The number of halogens is 1. The summed E-state index contributed by atoms with van der Waals surface area (Å²) in [6.07, 6.45) is 0. The number of benzene rings is 2. The van der Waals surface area contributed by atoms with Crippen molar-refractivity contribution < 1.29 is 19.0 Å². The average Bonchev–Trinajstić information content (AvgIpc) is 2.37. The van der Waals surface area contributed by atoms with E-state index in [0.717, 1.165) is 0 Å². The quantitative estimate of drug-likeness (QED) is 0.905. The Morgan fingerprint density at radius 3 is 2.65 bits per heavy atom. The predicted octanol–water partition coefficient (Wildman–Crippen LogP) is 3.10. The number of phenols is 1. The van der Waals surface area contributed by atoms with E-state index in [1.807, 2.05) is 0 Å². The van der Waals surface area contributed by atoms with Crippen molar-refractivity contribution in [1.82, 2.24) is 0 Å². The van der Waals surface area contributed by atoms with Gasteiger partial charge < -0.3 is 15.2 Å². The summed E-state index contributed by atoms with van der Waals surface area (Å²) < 4.78 is 18.3. The Morgan fingerprint density at radius 2 is 2.00 bits per heavy atom. The summed E-state index contributed by atoms with van der Waals surface area (Å²) in [5.41, 5.74) is 1.08. The van der Waals surface area contributed by atoms with Gasteiger partial charge in [0.1, 0.15) is 17.3 Å². The standard InChI is InChI=1S/C15H14FNO3/c1-9-5-10(16)7-11(6-9)17-15(19)13-8-12(20-2)3-4-14(13)18/h3-8,18H,1-2H3,(H,17,19). The summed E-state index contributed by atoms with van der Waals surface area (Å²) >= 11 is 0. The Bertz CT molecular complexity index is 635. The van der Waals surface area contributed by atoms with Crippen LogP contribution in [0.15, 0.2) is 36.4 Å². The van der Waals surface area contributed by atoms with Crippen LogP contribution in [0.25, 0.3) is 0 Å². The number of anilines is 1. The van der Waals surface area contributed by atoms with E-state index in [1.165, 1.54) is 31.4 Å². The first kappa shape index (κ1) is 13.9. The molecular weight excluding hydrogens is 261 g/mol. The van der Waals surface area contributed by atoms with Crippen LogP contribution in [0, 0.1) is 12.7 Å². The topological polar surface area (TPSA) is 58.6 Å². The normalized spacial score (nSPS) is 10.2. The van der Waals surface area contributed by atoms with E-state index >= 15 is 0 Å². The zero-order chi connectivity index (χ0) is 14.7. The van der Waals surface area contributed by atoms with E-state index in [4.69, 9.17) is 4.74 Å². The van der Waals surface area contributed by atoms with Crippen molar-refractivity contribution in [3.8, 4) is 11.5 Å². The van der Waals surface area contributed by atoms with Gasteiger partial charge in [0.05, 0.1) is 12.7 Å². The number of rotatable bonds is 3. The van der Waals surface area contributed by atoms with Crippen LogP contribution in [0.1, 0.15) is 15.9 Å². The number of aromatic hydroxyl groups is 1. The number of hydrogen-bond donors (Lipinski definition) is 2. The van der Waals surface area contributed by atoms with Crippen molar-refractivity contribution in [3.63, 3.8) is 0 Å². The second kappa shape index (κ2) is 5.61. The summed E-state index contributed by atoms with van der Waals surface area (Å²) in [6, 6.07) is 8.53. The van der Waals surface area contributed by atoms with Crippen LogP contribution in [0.2, 0.25) is 0 Å². The molecule has 0 atom stereocenters. The number of nitrogens with one attached hydrogen (secondary N) is 1. The average molecular weight is 275 g/mol. The van der Waals surface area contributed by atoms with E-state index in [-0.39, 0.29) is 11.3 Å². The van der Waals surface area contributed by atoms with Gasteiger partial charge in [-0.3, -0.25) is 4.79 Å². The molecule has 2 aromatic carbocycles. The number of ether oxygens (including phenoxy) is 1. The minimum Gasteiger partial charge on any atom is -0.507 e. The molecule has 0 radical (unpaired) electrons. The van der Waals surface area contributed by atoms with Crippen molar-refractivity contribution in [2.45, 2.75) is 6.92 Å². The highest BCUT2D eigenvalue weighted by molar-refractivity contribution is 6.06. The monoisotopic (exact) mass is 275 g/mol. The molecule has 0 aliphatic carbocycles. The molecule has 0 heterocycles. The SMILES string of the molecule is COc1ccc(O)c(C(=O)Nc2cc(C)cc(F)c2)c1. The molecule has 0 aliphatic heterocycles. The lowest BCUT2D eigenvalue weighted by molar-refractivity contribution is 0.102. The smallest absolute Gasteiger partial charge is 0.259 e. The van der Waals surface area contributed by atoms with Crippen LogP contribution in [-0.2, 0) is 0 Å². The van der Waals surface area contributed by atoms with Gasteiger partial charge in [0.15, 0.2) is 0 Å². The van der Waals surface area contributed by atoms with Gasteiger partial charge in [-0.05, 0) is 48.9 Å².